The Morgan fingerprint density at radius 2 is 1.38 bits per heavy atom. The first-order valence-electron chi connectivity index (χ1n) is 8.92. The van der Waals surface area contributed by atoms with Gasteiger partial charge in [0.05, 0.1) is 13.2 Å². The molecule has 6 heteroatoms. The molecule has 0 saturated carbocycles. The molecule has 2 amide bonds. The number of carbonyl (C=O) groups is 2. The number of unbranched alkanes of at least 4 members (excludes halogenated alkanes) is 6. The van der Waals surface area contributed by atoms with E-state index < -0.39 is 5.41 Å². The van der Waals surface area contributed by atoms with Crippen molar-refractivity contribution in [2.45, 2.75) is 58.3 Å². The first-order valence-corrected chi connectivity index (χ1v) is 8.92. The molecule has 0 fully saturated rings. The molecule has 24 heavy (non-hydrogen) atoms. The average molecular weight is 342 g/mol. The molecule has 4 N–H and O–H groups in total. The highest BCUT2D eigenvalue weighted by Gasteiger charge is 2.40. The van der Waals surface area contributed by atoms with Crippen LogP contribution in [0.5, 0.6) is 0 Å². The van der Waals surface area contributed by atoms with Gasteiger partial charge in [0.2, 0.25) is 11.8 Å². The second-order valence-corrected chi connectivity index (χ2v) is 6.24. The second-order valence-electron chi connectivity index (χ2n) is 6.24. The van der Waals surface area contributed by atoms with Gasteiger partial charge in [-0.25, -0.2) is 0 Å². The van der Waals surface area contributed by atoms with E-state index in [9.17, 15) is 9.59 Å². The number of rotatable bonds is 15. The van der Waals surface area contributed by atoms with E-state index in [0.717, 1.165) is 38.5 Å². The van der Waals surface area contributed by atoms with Gasteiger partial charge in [0.25, 0.3) is 0 Å². The number of aliphatic hydroxyl groups is 2. The fraction of sp³-hybridized carbons (Fsp3) is 0.778. The minimum absolute atomic E-state index is 0.130. The van der Waals surface area contributed by atoms with Gasteiger partial charge in [-0.3, -0.25) is 9.59 Å². The number of hydrogen-bond donors (Lipinski definition) is 4. The van der Waals surface area contributed by atoms with Gasteiger partial charge in [-0.05, 0) is 26.2 Å². The highest BCUT2D eigenvalue weighted by Crippen LogP contribution is 2.26. The summed E-state index contributed by atoms with van der Waals surface area (Å²) in [6.07, 6.45) is 9.78. The largest absolute Gasteiger partial charge is 0.395 e. The summed E-state index contributed by atoms with van der Waals surface area (Å²) >= 11 is 0. The fourth-order valence-electron chi connectivity index (χ4n) is 2.53. The van der Waals surface area contributed by atoms with Crippen LogP contribution < -0.4 is 10.6 Å². The van der Waals surface area contributed by atoms with E-state index in [2.05, 4.69) is 17.2 Å². The maximum Gasteiger partial charge on any atom is 0.235 e. The van der Waals surface area contributed by atoms with Crippen LogP contribution in [0, 0.1) is 5.41 Å². The van der Waals surface area contributed by atoms with Crippen molar-refractivity contribution in [3.05, 3.63) is 12.7 Å². The average Bonchev–Trinajstić information content (AvgIpc) is 2.59. The zero-order chi connectivity index (χ0) is 18.3. The lowest BCUT2D eigenvalue weighted by Gasteiger charge is -2.27. The smallest absolute Gasteiger partial charge is 0.235 e. The monoisotopic (exact) mass is 342 g/mol. The number of allylic oxidation sites excluding steroid dienone is 1. The van der Waals surface area contributed by atoms with Crippen molar-refractivity contribution >= 4 is 11.8 Å². The van der Waals surface area contributed by atoms with Crippen molar-refractivity contribution < 1.29 is 19.8 Å². The Kier molecular flexibility index (Phi) is 13.2. The maximum atomic E-state index is 12.3. The summed E-state index contributed by atoms with van der Waals surface area (Å²) < 4.78 is 0. The third-order valence-electron chi connectivity index (χ3n) is 4.13. The number of nitrogens with one attached hydrogen (secondary N) is 2. The van der Waals surface area contributed by atoms with Crippen molar-refractivity contribution in [3.8, 4) is 0 Å². The Labute approximate surface area is 145 Å². The Morgan fingerprint density at radius 1 is 0.917 bits per heavy atom. The molecular formula is C18H34N2O4. The van der Waals surface area contributed by atoms with Gasteiger partial charge in [-0.2, -0.15) is 0 Å². The first kappa shape index (κ1) is 22.6. The van der Waals surface area contributed by atoms with Gasteiger partial charge >= 0.3 is 0 Å². The van der Waals surface area contributed by atoms with Crippen molar-refractivity contribution in [1.29, 1.82) is 0 Å². The van der Waals surface area contributed by atoms with Crippen LogP contribution >= 0.6 is 0 Å². The van der Waals surface area contributed by atoms with Crippen molar-refractivity contribution in [2.24, 2.45) is 5.41 Å². The molecule has 140 valence electrons. The Morgan fingerprint density at radius 3 is 1.83 bits per heavy atom. The van der Waals surface area contributed by atoms with Gasteiger partial charge in [0.1, 0.15) is 5.41 Å². The lowest BCUT2D eigenvalue weighted by Crippen LogP contribution is -2.50. The molecule has 6 nitrogen and oxygen atoms in total. The number of amides is 2. The number of aliphatic hydroxyl groups excluding tert-OH is 2. The molecule has 0 spiro atoms. The lowest BCUT2D eigenvalue weighted by atomic mass is 9.82. The van der Waals surface area contributed by atoms with Crippen molar-refractivity contribution in [2.75, 3.05) is 26.3 Å². The fourth-order valence-corrected chi connectivity index (χ4v) is 2.53. The zero-order valence-corrected chi connectivity index (χ0v) is 15.0. The SMILES string of the molecule is C=CCCCCCCCCC(C)(C(=O)NCCO)C(=O)NCCO. The van der Waals surface area contributed by atoms with Crippen LogP contribution in [0.1, 0.15) is 58.3 Å². The predicted molar refractivity (Wildman–Crippen MR) is 95.4 cm³/mol. The summed E-state index contributed by atoms with van der Waals surface area (Å²) in [4.78, 5) is 24.6. The molecular weight excluding hydrogens is 308 g/mol. The van der Waals surface area contributed by atoms with Crippen LogP contribution in [0.25, 0.3) is 0 Å². The van der Waals surface area contributed by atoms with Gasteiger partial charge in [-0.15, -0.1) is 6.58 Å². The van der Waals surface area contributed by atoms with E-state index in [-0.39, 0.29) is 38.1 Å². The molecule has 0 atom stereocenters. The Balaban J connectivity index is 4.36. The second kappa shape index (κ2) is 14.0. The van der Waals surface area contributed by atoms with Gasteiger partial charge in [0, 0.05) is 13.1 Å². The molecule has 0 radical (unpaired) electrons. The lowest BCUT2D eigenvalue weighted by molar-refractivity contribution is -0.143. The Bertz CT molecular complexity index is 352. The molecule has 0 aromatic carbocycles. The molecule has 0 aromatic rings. The molecule has 0 saturated heterocycles. The highest BCUT2D eigenvalue weighted by molar-refractivity contribution is 6.04. The van der Waals surface area contributed by atoms with Crippen LogP contribution in [-0.2, 0) is 9.59 Å². The summed E-state index contributed by atoms with van der Waals surface area (Å²) in [6.45, 7) is 5.26. The van der Waals surface area contributed by atoms with Crippen LogP contribution in [0.3, 0.4) is 0 Å². The molecule has 0 aliphatic carbocycles. The maximum absolute atomic E-state index is 12.3. The Hall–Kier alpha value is -1.40. The van der Waals surface area contributed by atoms with Gasteiger partial charge in [0.15, 0.2) is 0 Å². The van der Waals surface area contributed by atoms with Gasteiger partial charge < -0.3 is 20.8 Å². The van der Waals surface area contributed by atoms with Crippen molar-refractivity contribution in [1.82, 2.24) is 10.6 Å². The third-order valence-corrected chi connectivity index (χ3v) is 4.13. The van der Waals surface area contributed by atoms with Crippen molar-refractivity contribution in [3.63, 3.8) is 0 Å². The number of hydrogen-bond acceptors (Lipinski definition) is 4. The quantitative estimate of drug-likeness (QED) is 0.206. The minimum Gasteiger partial charge on any atom is -0.395 e. The summed E-state index contributed by atoms with van der Waals surface area (Å²) in [6, 6.07) is 0. The summed E-state index contributed by atoms with van der Waals surface area (Å²) in [5.41, 5.74) is -1.17. The number of carbonyl (C=O) groups excluding carboxylic acids is 2. The van der Waals surface area contributed by atoms with Crippen LogP contribution in [0.4, 0.5) is 0 Å². The normalized spacial score (nSPS) is 11.1. The summed E-state index contributed by atoms with van der Waals surface area (Å²) in [5.74, 6) is -0.754. The highest BCUT2D eigenvalue weighted by atomic mass is 16.3. The molecule has 0 aliphatic rings. The van der Waals surface area contributed by atoms with E-state index in [1.807, 2.05) is 6.08 Å². The van der Waals surface area contributed by atoms with Crippen LogP contribution in [0.15, 0.2) is 12.7 Å². The van der Waals surface area contributed by atoms with E-state index in [1.165, 1.54) is 6.42 Å². The molecule has 0 heterocycles. The molecule has 0 aromatic heterocycles. The van der Waals surface area contributed by atoms with Crippen LogP contribution in [-0.4, -0.2) is 48.3 Å². The molecule has 0 rings (SSSR count). The van der Waals surface area contributed by atoms with Crippen LogP contribution in [0.2, 0.25) is 0 Å². The molecule has 0 unspecified atom stereocenters. The topological polar surface area (TPSA) is 98.7 Å². The summed E-state index contributed by atoms with van der Waals surface area (Å²) in [7, 11) is 0. The molecule has 0 bridgehead atoms. The van der Waals surface area contributed by atoms with Gasteiger partial charge in [-0.1, -0.05) is 38.2 Å². The predicted octanol–water partition coefficient (Wildman–Crippen LogP) is 1.52. The summed E-state index contributed by atoms with van der Waals surface area (Å²) in [5, 5.41) is 22.9. The minimum atomic E-state index is -1.17. The first-order chi connectivity index (χ1) is 11.5. The zero-order valence-electron chi connectivity index (χ0n) is 15.0. The molecule has 0 aliphatic heterocycles. The van der Waals surface area contributed by atoms with E-state index in [0.29, 0.717) is 6.42 Å². The third kappa shape index (κ3) is 9.03. The standard InChI is InChI=1S/C18H34N2O4/c1-3-4-5-6-7-8-9-10-11-18(2,16(23)19-12-14-21)17(24)20-13-15-22/h3,21-22H,1,4-15H2,2H3,(H,19,23)(H,20,24). The van der Waals surface area contributed by atoms with E-state index >= 15 is 0 Å². The van der Waals surface area contributed by atoms with E-state index in [4.69, 9.17) is 10.2 Å². The van der Waals surface area contributed by atoms with E-state index in [1.54, 1.807) is 6.92 Å².